The van der Waals surface area contributed by atoms with E-state index in [1.807, 2.05) is 27.7 Å². The van der Waals surface area contributed by atoms with E-state index >= 15 is 0 Å². The van der Waals surface area contributed by atoms with Gasteiger partial charge in [0.25, 0.3) is 5.91 Å². The summed E-state index contributed by atoms with van der Waals surface area (Å²) in [5.41, 5.74) is 8.06. The second-order valence-corrected chi connectivity index (χ2v) is 4.08. The average Bonchev–Trinajstić information content (AvgIpc) is 2.14. The van der Waals surface area contributed by atoms with Gasteiger partial charge in [-0.15, -0.1) is 0 Å². The molecule has 0 rings (SSSR count). The van der Waals surface area contributed by atoms with Crippen LogP contribution in [-0.4, -0.2) is 18.6 Å². The number of nitrogens with one attached hydrogen (secondary N) is 1. The van der Waals surface area contributed by atoms with Crippen LogP contribution >= 0.6 is 0 Å². The molecule has 0 saturated heterocycles. The van der Waals surface area contributed by atoms with Crippen molar-refractivity contribution in [2.75, 3.05) is 6.61 Å². The highest BCUT2D eigenvalue weighted by Crippen LogP contribution is 2.04. The largest absolute Gasteiger partial charge is 0.320 e. The topological polar surface area (TPSA) is 64.4 Å². The van der Waals surface area contributed by atoms with Crippen LogP contribution in [0.25, 0.3) is 0 Å². The van der Waals surface area contributed by atoms with Crippen molar-refractivity contribution < 1.29 is 9.63 Å². The third-order valence-corrected chi connectivity index (χ3v) is 2.15. The Balaban J connectivity index is 3.73. The van der Waals surface area contributed by atoms with E-state index in [1.165, 1.54) is 0 Å². The van der Waals surface area contributed by atoms with Gasteiger partial charge in [0.1, 0.15) is 0 Å². The molecule has 4 nitrogen and oxygen atoms in total. The third-order valence-electron chi connectivity index (χ3n) is 2.15. The maximum atomic E-state index is 11.4. The van der Waals surface area contributed by atoms with Crippen LogP contribution < -0.4 is 11.2 Å². The van der Waals surface area contributed by atoms with Gasteiger partial charge in [-0.05, 0) is 11.8 Å². The molecule has 0 saturated carbocycles. The van der Waals surface area contributed by atoms with E-state index in [0.29, 0.717) is 12.5 Å². The maximum Gasteiger partial charge on any atom is 0.260 e. The van der Waals surface area contributed by atoms with Crippen molar-refractivity contribution in [2.45, 2.75) is 40.2 Å². The van der Waals surface area contributed by atoms with Gasteiger partial charge in [-0.25, -0.2) is 5.48 Å². The first-order valence-electron chi connectivity index (χ1n) is 5.16. The molecule has 0 aromatic heterocycles. The van der Waals surface area contributed by atoms with Gasteiger partial charge in [0, 0.05) is 0 Å². The normalized spacial score (nSPS) is 15.3. The number of carbonyl (C=O) groups excluding carboxylic acids is 1. The van der Waals surface area contributed by atoms with Crippen LogP contribution in [0.1, 0.15) is 34.1 Å². The first-order valence-corrected chi connectivity index (χ1v) is 5.16. The summed E-state index contributed by atoms with van der Waals surface area (Å²) in [6, 6.07) is -0.479. The molecule has 84 valence electrons. The van der Waals surface area contributed by atoms with Crippen LogP contribution in [0.5, 0.6) is 0 Å². The zero-order valence-corrected chi connectivity index (χ0v) is 9.54. The number of nitrogens with two attached hydrogens (primary N) is 1. The fourth-order valence-electron chi connectivity index (χ4n) is 0.860. The van der Waals surface area contributed by atoms with Gasteiger partial charge in [-0.3, -0.25) is 9.63 Å². The van der Waals surface area contributed by atoms with Crippen molar-refractivity contribution in [3.63, 3.8) is 0 Å². The molecule has 0 bridgehead atoms. The quantitative estimate of drug-likeness (QED) is 0.633. The van der Waals surface area contributed by atoms with Crippen LogP contribution in [0.2, 0.25) is 0 Å². The van der Waals surface area contributed by atoms with E-state index < -0.39 is 6.04 Å². The molecule has 4 heteroatoms. The van der Waals surface area contributed by atoms with Crippen molar-refractivity contribution in [3.8, 4) is 0 Å². The summed E-state index contributed by atoms with van der Waals surface area (Å²) in [6.45, 7) is 8.50. The standard InChI is InChI=1S/C10H22N2O2/c1-5-8(4)9(11)10(13)12-14-6-7(2)3/h7-9H,5-6,11H2,1-4H3,(H,12,13). The van der Waals surface area contributed by atoms with Gasteiger partial charge in [0.2, 0.25) is 0 Å². The highest BCUT2D eigenvalue weighted by atomic mass is 16.7. The fourth-order valence-corrected chi connectivity index (χ4v) is 0.860. The molecule has 1 amide bonds. The zero-order chi connectivity index (χ0) is 11.1. The Bertz CT molecular complexity index is 172. The lowest BCUT2D eigenvalue weighted by Gasteiger charge is -2.17. The van der Waals surface area contributed by atoms with E-state index in [0.717, 1.165) is 6.42 Å². The van der Waals surface area contributed by atoms with Crippen LogP contribution in [0.15, 0.2) is 0 Å². The second kappa shape index (κ2) is 6.79. The molecule has 0 spiro atoms. The summed E-state index contributed by atoms with van der Waals surface area (Å²) in [5.74, 6) is 0.341. The number of hydrogen-bond donors (Lipinski definition) is 2. The van der Waals surface area contributed by atoms with E-state index in [9.17, 15) is 4.79 Å². The Kier molecular flexibility index (Phi) is 6.49. The van der Waals surface area contributed by atoms with Gasteiger partial charge in [-0.1, -0.05) is 34.1 Å². The number of carbonyl (C=O) groups is 1. The SMILES string of the molecule is CCC(C)C(N)C(=O)NOCC(C)C. The predicted octanol–water partition coefficient (Wildman–Crippen LogP) is 1.06. The van der Waals surface area contributed by atoms with Crippen LogP contribution in [-0.2, 0) is 9.63 Å². The predicted molar refractivity (Wildman–Crippen MR) is 56.4 cm³/mol. The average molecular weight is 202 g/mol. The van der Waals surface area contributed by atoms with Crippen LogP contribution in [0.4, 0.5) is 0 Å². The smallest absolute Gasteiger partial charge is 0.260 e. The zero-order valence-electron chi connectivity index (χ0n) is 9.54. The first-order chi connectivity index (χ1) is 6.49. The first kappa shape index (κ1) is 13.4. The molecule has 0 aromatic carbocycles. The molecule has 2 atom stereocenters. The Morgan fingerprint density at radius 3 is 2.43 bits per heavy atom. The molecule has 3 N–H and O–H groups in total. The lowest BCUT2D eigenvalue weighted by atomic mass is 10.00. The van der Waals surface area contributed by atoms with Crippen molar-refractivity contribution in [1.29, 1.82) is 0 Å². The summed E-state index contributed by atoms with van der Waals surface area (Å²) in [6.07, 6.45) is 0.888. The maximum absolute atomic E-state index is 11.4. The highest BCUT2D eigenvalue weighted by Gasteiger charge is 2.19. The van der Waals surface area contributed by atoms with Gasteiger partial charge in [-0.2, -0.15) is 0 Å². The molecule has 0 aliphatic rings. The molecule has 0 radical (unpaired) electrons. The number of hydrogen-bond acceptors (Lipinski definition) is 3. The lowest BCUT2D eigenvalue weighted by molar-refractivity contribution is -0.136. The van der Waals surface area contributed by atoms with E-state index in [4.69, 9.17) is 10.6 Å². The minimum atomic E-state index is -0.479. The van der Waals surface area contributed by atoms with Crippen molar-refractivity contribution in [1.82, 2.24) is 5.48 Å². The third kappa shape index (κ3) is 5.19. The summed E-state index contributed by atoms with van der Waals surface area (Å²) in [7, 11) is 0. The van der Waals surface area contributed by atoms with Crippen molar-refractivity contribution in [3.05, 3.63) is 0 Å². The molecule has 0 aliphatic carbocycles. The Morgan fingerprint density at radius 1 is 1.43 bits per heavy atom. The summed E-state index contributed by atoms with van der Waals surface area (Å²) < 4.78 is 0. The molecule has 0 fully saturated rings. The highest BCUT2D eigenvalue weighted by molar-refractivity contribution is 5.80. The second-order valence-electron chi connectivity index (χ2n) is 4.08. The molecule has 2 unspecified atom stereocenters. The van der Waals surface area contributed by atoms with E-state index in [-0.39, 0.29) is 11.8 Å². The molecule has 0 heterocycles. The van der Waals surface area contributed by atoms with E-state index in [2.05, 4.69) is 5.48 Å². The molecular formula is C10H22N2O2. The van der Waals surface area contributed by atoms with Crippen LogP contribution in [0, 0.1) is 11.8 Å². The summed E-state index contributed by atoms with van der Waals surface area (Å²) in [4.78, 5) is 16.4. The Morgan fingerprint density at radius 2 is 2.00 bits per heavy atom. The van der Waals surface area contributed by atoms with Gasteiger partial charge in [0.15, 0.2) is 0 Å². The van der Waals surface area contributed by atoms with Crippen molar-refractivity contribution in [2.24, 2.45) is 17.6 Å². The van der Waals surface area contributed by atoms with Gasteiger partial charge in [0.05, 0.1) is 12.6 Å². The molecular weight excluding hydrogens is 180 g/mol. The molecule has 0 aliphatic heterocycles. The van der Waals surface area contributed by atoms with Gasteiger partial charge >= 0.3 is 0 Å². The minimum Gasteiger partial charge on any atom is -0.320 e. The number of rotatable bonds is 6. The monoisotopic (exact) mass is 202 g/mol. The van der Waals surface area contributed by atoms with Crippen LogP contribution in [0.3, 0.4) is 0 Å². The summed E-state index contributed by atoms with van der Waals surface area (Å²) in [5, 5.41) is 0. The minimum absolute atomic E-state index is 0.178. The Hall–Kier alpha value is -0.610. The number of amides is 1. The van der Waals surface area contributed by atoms with Crippen molar-refractivity contribution >= 4 is 5.91 Å². The number of hydroxylamine groups is 1. The fraction of sp³-hybridized carbons (Fsp3) is 0.900. The lowest BCUT2D eigenvalue weighted by Crippen LogP contribution is -2.44. The van der Waals surface area contributed by atoms with Gasteiger partial charge < -0.3 is 5.73 Å². The Labute approximate surface area is 86.1 Å². The van der Waals surface area contributed by atoms with E-state index in [1.54, 1.807) is 0 Å². The molecule has 14 heavy (non-hydrogen) atoms. The summed E-state index contributed by atoms with van der Waals surface area (Å²) >= 11 is 0. The molecule has 0 aromatic rings.